The van der Waals surface area contributed by atoms with Crippen molar-refractivity contribution in [1.29, 1.82) is 0 Å². The molecule has 9 heteroatoms. The Bertz CT molecular complexity index is 716. The van der Waals surface area contributed by atoms with Crippen LogP contribution in [0.15, 0.2) is 29.4 Å². The van der Waals surface area contributed by atoms with Crippen molar-refractivity contribution in [2.45, 2.75) is 24.6 Å². The van der Waals surface area contributed by atoms with Gasteiger partial charge in [-0.3, -0.25) is 9.08 Å². The Hall–Kier alpha value is -1.15. The number of alkyl halides is 2. The van der Waals surface area contributed by atoms with Crippen molar-refractivity contribution in [2.24, 2.45) is 5.16 Å². The van der Waals surface area contributed by atoms with E-state index in [2.05, 4.69) is 9.44 Å². The highest BCUT2D eigenvalue weighted by atomic mass is 35.5. The van der Waals surface area contributed by atoms with Crippen molar-refractivity contribution in [3.8, 4) is 0 Å². The fourth-order valence-corrected chi connectivity index (χ4v) is 2.99. The maximum absolute atomic E-state index is 12.2. The molecule has 0 aliphatic carbocycles. The van der Waals surface area contributed by atoms with Crippen molar-refractivity contribution in [2.75, 3.05) is 19.5 Å². The molecule has 0 fully saturated rings. The molecule has 0 aromatic heterocycles. The summed E-state index contributed by atoms with van der Waals surface area (Å²) in [5.41, 5.74) is 0.896. The largest absolute Gasteiger partial charge is 0.377 e. The van der Waals surface area contributed by atoms with Crippen LogP contribution in [-0.4, -0.2) is 43.7 Å². The average molecular weight is 396 g/mol. The smallest absolute Gasteiger partial charge is 0.328 e. The fraction of sp³-hybridized carbons (Fsp3) is 0.467. The van der Waals surface area contributed by atoms with Crippen molar-refractivity contribution < 1.29 is 22.2 Å². The molecule has 0 heterocycles. The molecule has 0 saturated carbocycles. The van der Waals surface area contributed by atoms with Crippen LogP contribution < -0.4 is 0 Å². The Morgan fingerprint density at radius 2 is 1.92 bits per heavy atom. The first kappa shape index (κ1) is 20.9. The highest BCUT2D eigenvalue weighted by Gasteiger charge is 2.41. The van der Waals surface area contributed by atoms with Gasteiger partial charge in [0.1, 0.15) is 12.3 Å². The number of halogens is 2. The molecule has 0 aliphatic heterocycles. The van der Waals surface area contributed by atoms with Gasteiger partial charge < -0.3 is 4.74 Å². The third-order valence-corrected chi connectivity index (χ3v) is 5.01. The highest BCUT2D eigenvalue weighted by Crippen LogP contribution is 2.30. The van der Waals surface area contributed by atoms with E-state index < -0.39 is 20.2 Å². The Balaban J connectivity index is 3.38. The quantitative estimate of drug-likeness (QED) is 0.364. The summed E-state index contributed by atoms with van der Waals surface area (Å²) in [7, 11) is -2.58. The molecule has 0 atom stereocenters. The number of carbonyl (C=O) groups is 1. The fourth-order valence-electron chi connectivity index (χ4n) is 1.85. The van der Waals surface area contributed by atoms with Gasteiger partial charge in [0.25, 0.3) is 0 Å². The second-order valence-corrected chi connectivity index (χ2v) is 8.02. The summed E-state index contributed by atoms with van der Waals surface area (Å²) in [6.45, 7) is 3.07. The van der Waals surface area contributed by atoms with Crippen molar-refractivity contribution in [3.05, 3.63) is 35.4 Å². The summed E-state index contributed by atoms with van der Waals surface area (Å²) in [5, 5.41) is 3.61. The summed E-state index contributed by atoms with van der Waals surface area (Å²) in [6.07, 6.45) is 0.354. The minimum atomic E-state index is -3.89. The number of aryl methyl sites for hydroxylation is 1. The topological polar surface area (TPSA) is 82.0 Å². The van der Waals surface area contributed by atoms with Crippen LogP contribution in [0.4, 0.5) is 0 Å². The average Bonchev–Trinajstić information content (AvgIpc) is 2.49. The van der Waals surface area contributed by atoms with E-state index in [0.717, 1.165) is 0 Å². The van der Waals surface area contributed by atoms with Gasteiger partial charge in [0.15, 0.2) is 0 Å². The summed E-state index contributed by atoms with van der Waals surface area (Å²) in [5.74, 6) is -0.909. The number of carbonyl (C=O) groups excluding carboxylic acids is 1. The molecule has 1 rings (SSSR count). The van der Waals surface area contributed by atoms with Gasteiger partial charge in [0.05, 0.1) is 5.75 Å². The Kier molecular flexibility index (Phi) is 7.66. The number of hydrogen-bond acceptors (Lipinski definition) is 6. The van der Waals surface area contributed by atoms with E-state index in [9.17, 15) is 13.2 Å². The van der Waals surface area contributed by atoms with E-state index in [0.29, 0.717) is 17.5 Å². The number of Topliss-reactive ketones (excluding diaryl/α,β-unsaturated/α-hetero) is 1. The molecule has 0 amide bonds. The molecule has 0 unspecified atom stereocenters. The van der Waals surface area contributed by atoms with Crippen LogP contribution in [0.2, 0.25) is 0 Å². The van der Waals surface area contributed by atoms with E-state index in [1.807, 2.05) is 0 Å². The second-order valence-electron chi connectivity index (χ2n) is 5.02. The van der Waals surface area contributed by atoms with Gasteiger partial charge in [-0.25, -0.2) is 0 Å². The number of hydrogen-bond donors (Lipinski definition) is 0. The van der Waals surface area contributed by atoms with Gasteiger partial charge in [-0.2, -0.15) is 8.42 Å². The molecular formula is C15H19Cl2NO5S. The number of benzene rings is 1. The highest BCUT2D eigenvalue weighted by molar-refractivity contribution is 7.86. The van der Waals surface area contributed by atoms with Crippen LogP contribution in [0.5, 0.6) is 0 Å². The third kappa shape index (κ3) is 5.44. The zero-order valence-electron chi connectivity index (χ0n) is 13.6. The van der Waals surface area contributed by atoms with E-state index in [4.69, 9.17) is 27.9 Å². The summed E-state index contributed by atoms with van der Waals surface area (Å²) in [6, 6.07) is 6.81. The van der Waals surface area contributed by atoms with Crippen LogP contribution in [-0.2, 0) is 23.9 Å². The number of ether oxygens (including phenoxy) is 1. The molecule has 0 aliphatic rings. The minimum Gasteiger partial charge on any atom is -0.377 e. The summed E-state index contributed by atoms with van der Waals surface area (Å²) >= 11 is 12.3. The molecule has 24 heavy (non-hydrogen) atoms. The predicted octanol–water partition coefficient (Wildman–Crippen LogP) is 2.84. The lowest BCUT2D eigenvalue weighted by Gasteiger charge is -2.21. The maximum atomic E-state index is 12.2. The normalized spacial score (nSPS) is 13.0. The Morgan fingerprint density at radius 3 is 2.46 bits per heavy atom. The van der Waals surface area contributed by atoms with Crippen LogP contribution >= 0.6 is 23.2 Å². The number of ketones is 1. The van der Waals surface area contributed by atoms with E-state index in [-0.39, 0.29) is 18.1 Å². The van der Waals surface area contributed by atoms with Crippen molar-refractivity contribution >= 4 is 44.8 Å². The monoisotopic (exact) mass is 395 g/mol. The number of nitrogens with zero attached hydrogens (tertiary/aromatic N) is 1. The first-order chi connectivity index (χ1) is 11.2. The van der Waals surface area contributed by atoms with Gasteiger partial charge in [-0.1, -0.05) is 59.5 Å². The molecule has 134 valence electrons. The lowest BCUT2D eigenvalue weighted by molar-refractivity contribution is -0.122. The Labute approximate surface area is 151 Å². The molecule has 6 nitrogen and oxygen atoms in total. The second kappa shape index (κ2) is 8.80. The zero-order chi connectivity index (χ0) is 18.4. The zero-order valence-corrected chi connectivity index (χ0v) is 15.9. The predicted molar refractivity (Wildman–Crippen MR) is 94.2 cm³/mol. The summed E-state index contributed by atoms with van der Waals surface area (Å²) < 4.78 is 30.8. The third-order valence-electron chi connectivity index (χ3n) is 3.02. The van der Waals surface area contributed by atoms with Crippen LogP contribution in [0.3, 0.4) is 0 Å². The molecule has 1 aromatic rings. The Morgan fingerprint density at radius 1 is 1.29 bits per heavy atom. The van der Waals surface area contributed by atoms with E-state index in [1.165, 1.54) is 7.11 Å². The van der Waals surface area contributed by atoms with Crippen LogP contribution in [0, 0.1) is 6.92 Å². The number of methoxy groups -OCH3 is 1. The molecule has 0 spiro atoms. The molecular weight excluding hydrogens is 377 g/mol. The van der Waals surface area contributed by atoms with Gasteiger partial charge in [-0.05, 0) is 18.9 Å². The van der Waals surface area contributed by atoms with E-state index >= 15 is 0 Å². The molecule has 0 N–H and O–H groups in total. The lowest BCUT2D eigenvalue weighted by atomic mass is 10.00. The van der Waals surface area contributed by atoms with Crippen LogP contribution in [0.1, 0.15) is 24.5 Å². The minimum absolute atomic E-state index is 0.203. The number of rotatable bonds is 9. The first-order valence-corrected chi connectivity index (χ1v) is 9.45. The SMILES string of the molecule is CCCS(=O)(=O)ON=C(c1ccccc1C)C(Cl)(Cl)C(=O)COC. The lowest BCUT2D eigenvalue weighted by Crippen LogP contribution is -2.39. The van der Waals surface area contributed by atoms with Crippen molar-refractivity contribution in [3.63, 3.8) is 0 Å². The first-order valence-electron chi connectivity index (χ1n) is 7.11. The number of oxime groups is 1. The van der Waals surface area contributed by atoms with Gasteiger partial charge in [0.2, 0.25) is 10.1 Å². The maximum Gasteiger partial charge on any atom is 0.328 e. The summed E-state index contributed by atoms with van der Waals surface area (Å²) in [4.78, 5) is 12.2. The molecule has 0 bridgehead atoms. The molecule has 0 saturated heterocycles. The van der Waals surface area contributed by atoms with E-state index in [1.54, 1.807) is 38.1 Å². The van der Waals surface area contributed by atoms with Crippen molar-refractivity contribution in [1.82, 2.24) is 0 Å². The van der Waals surface area contributed by atoms with Gasteiger partial charge in [0, 0.05) is 12.7 Å². The standard InChI is InChI=1S/C15H19Cl2NO5S/c1-4-9-24(20,21)23-18-14(12-8-6-5-7-11(12)2)15(16,17)13(19)10-22-3/h5-8H,4,9-10H2,1-3H3. The molecule has 1 aromatic carbocycles. The van der Waals surface area contributed by atoms with Gasteiger partial charge in [-0.15, -0.1) is 0 Å². The van der Waals surface area contributed by atoms with Gasteiger partial charge >= 0.3 is 10.1 Å². The molecule has 0 radical (unpaired) electrons. The van der Waals surface area contributed by atoms with Crippen LogP contribution in [0.25, 0.3) is 0 Å².